The third kappa shape index (κ3) is 11.7. The molecule has 68 heavy (non-hydrogen) atoms. The second-order valence-electron chi connectivity index (χ2n) is 17.4. The lowest BCUT2D eigenvalue weighted by Gasteiger charge is -2.36. The first-order chi connectivity index (χ1) is 32.4. The zero-order valence-corrected chi connectivity index (χ0v) is 37.3. The monoisotopic (exact) mass is 949 g/mol. The molecular formula is C48H50F7N9O4. The lowest BCUT2D eigenvalue weighted by molar-refractivity contribution is -0.220. The summed E-state index contributed by atoms with van der Waals surface area (Å²) in [5.41, 5.74) is -1.48. The topological polar surface area (TPSA) is 150 Å². The molecule has 2 unspecified atom stereocenters. The van der Waals surface area contributed by atoms with Gasteiger partial charge in [0.15, 0.2) is 0 Å². The number of carbonyl (C=O) groups excluding carboxylic acids is 2. The Balaban J connectivity index is 1.03. The number of rotatable bonds is 15. The first-order valence-corrected chi connectivity index (χ1v) is 21.8. The molecule has 0 saturated carbocycles. The molecule has 8 rings (SSSR count). The average Bonchev–Trinajstić information content (AvgIpc) is 3.64. The fourth-order valence-corrected chi connectivity index (χ4v) is 8.33. The zero-order valence-electron chi connectivity index (χ0n) is 37.3. The summed E-state index contributed by atoms with van der Waals surface area (Å²) >= 11 is 0. The summed E-state index contributed by atoms with van der Waals surface area (Å²) in [7, 11) is 0.919. The van der Waals surface area contributed by atoms with Crippen molar-refractivity contribution in [3.05, 3.63) is 125 Å². The summed E-state index contributed by atoms with van der Waals surface area (Å²) in [6.07, 6.45) is -0.293. The van der Waals surface area contributed by atoms with Gasteiger partial charge in [0.05, 0.1) is 30.9 Å². The molecule has 3 fully saturated rings. The number of alkyl halides is 5. The van der Waals surface area contributed by atoms with E-state index in [4.69, 9.17) is 4.98 Å². The van der Waals surface area contributed by atoms with Gasteiger partial charge >= 0.3 is 18.8 Å². The normalized spacial score (nSPS) is 17.5. The molecule has 0 spiro atoms. The number of ether oxygens (including phenoxy) is 1. The Bertz CT molecular complexity index is 2560. The number of benzene rings is 2. The van der Waals surface area contributed by atoms with Crippen LogP contribution in [0.1, 0.15) is 55.5 Å². The third-order valence-corrected chi connectivity index (χ3v) is 12.4. The van der Waals surface area contributed by atoms with Crippen LogP contribution < -0.4 is 25.8 Å². The molecule has 3 aliphatic heterocycles. The van der Waals surface area contributed by atoms with E-state index in [2.05, 4.69) is 47.1 Å². The van der Waals surface area contributed by atoms with E-state index in [0.29, 0.717) is 33.3 Å². The summed E-state index contributed by atoms with van der Waals surface area (Å²) in [6.45, 7) is 0.219. The molecule has 0 aliphatic carbocycles. The molecule has 3 aromatic heterocycles. The van der Waals surface area contributed by atoms with Crippen LogP contribution in [0.2, 0.25) is 0 Å². The number of carbonyl (C=O) groups is 2. The number of alkyl carbamates (subject to hydrolysis) is 1. The zero-order chi connectivity index (χ0) is 48.8. The Labute approximate surface area is 388 Å². The van der Waals surface area contributed by atoms with Crippen LogP contribution in [0.25, 0.3) is 11.1 Å². The maximum Gasteiger partial charge on any atom is 0.407 e. The minimum Gasteiger partial charge on any atom is -0.453 e. The number of halogens is 7. The van der Waals surface area contributed by atoms with Gasteiger partial charge in [0.1, 0.15) is 29.3 Å². The Morgan fingerprint density at radius 1 is 0.882 bits per heavy atom. The molecule has 2 bridgehead atoms. The Hall–Kier alpha value is -6.72. The average molecular weight is 950 g/mol. The van der Waals surface area contributed by atoms with E-state index in [-0.39, 0.29) is 17.5 Å². The van der Waals surface area contributed by atoms with Gasteiger partial charge in [-0.3, -0.25) is 4.79 Å². The van der Waals surface area contributed by atoms with E-state index in [0.717, 1.165) is 89.6 Å². The Kier molecular flexibility index (Phi) is 15.2. The molecule has 2 aromatic carbocycles. The molecule has 2 amide bonds. The molecule has 5 atom stereocenters. The van der Waals surface area contributed by atoms with E-state index in [9.17, 15) is 36.6 Å². The van der Waals surface area contributed by atoms with Crippen molar-refractivity contribution >= 4 is 23.6 Å². The highest BCUT2D eigenvalue weighted by atomic mass is 19.4. The van der Waals surface area contributed by atoms with Gasteiger partial charge in [-0.25, -0.2) is 28.2 Å². The summed E-state index contributed by atoms with van der Waals surface area (Å²) in [6, 6.07) is 15.2. The van der Waals surface area contributed by atoms with Crippen molar-refractivity contribution in [3.8, 4) is 23.0 Å². The Morgan fingerprint density at radius 3 is 2.24 bits per heavy atom. The number of nitrogens with one attached hydrogen (secondary N) is 3. The fourth-order valence-electron chi connectivity index (χ4n) is 8.33. The largest absolute Gasteiger partial charge is 0.453 e. The summed E-state index contributed by atoms with van der Waals surface area (Å²) in [4.78, 5) is 39.9. The molecule has 5 aromatic rings. The van der Waals surface area contributed by atoms with Crippen molar-refractivity contribution in [2.75, 3.05) is 43.1 Å². The molecule has 3 aliphatic rings. The predicted molar refractivity (Wildman–Crippen MR) is 238 cm³/mol. The number of aromatic nitrogens is 4. The quantitative estimate of drug-likeness (QED) is 0.0638. The number of pyridine rings is 2. The highest BCUT2D eigenvalue weighted by molar-refractivity contribution is 5.87. The molecule has 0 radical (unpaired) electrons. The number of methoxy groups -OCH3 is 1. The fraction of sp³-hybridized carbons (Fsp3) is 0.396. The maximum absolute atomic E-state index is 15.2. The van der Waals surface area contributed by atoms with E-state index >= 15 is 8.78 Å². The van der Waals surface area contributed by atoms with Crippen molar-refractivity contribution in [2.45, 2.75) is 76.6 Å². The lowest BCUT2D eigenvalue weighted by Crippen LogP contribution is -2.62. The van der Waals surface area contributed by atoms with Gasteiger partial charge in [0.25, 0.3) is 0 Å². The number of aliphatic hydroxyl groups excluding tert-OH is 1. The third-order valence-electron chi connectivity index (χ3n) is 12.4. The number of fused-ring (bicyclic) bond motifs is 4. The second-order valence-corrected chi connectivity index (χ2v) is 17.4. The maximum atomic E-state index is 15.2. The van der Waals surface area contributed by atoms with Gasteiger partial charge in [-0.1, -0.05) is 30.0 Å². The number of aliphatic hydroxyl groups is 1. The minimum absolute atomic E-state index is 0.0392. The van der Waals surface area contributed by atoms with Gasteiger partial charge in [-0.05, 0) is 98.7 Å². The van der Waals surface area contributed by atoms with Crippen LogP contribution in [0.4, 0.5) is 47.2 Å². The number of amides is 2. The molecule has 360 valence electrons. The lowest BCUT2D eigenvalue weighted by atomic mass is 9.82. The van der Waals surface area contributed by atoms with Gasteiger partial charge in [0, 0.05) is 79.6 Å². The molecule has 13 nitrogen and oxygen atoms in total. The molecule has 3 saturated heterocycles. The number of anilines is 2. The van der Waals surface area contributed by atoms with Crippen molar-refractivity contribution in [3.63, 3.8) is 0 Å². The summed E-state index contributed by atoms with van der Waals surface area (Å²) in [5.74, 6) is 5.17. The predicted octanol–water partition coefficient (Wildman–Crippen LogP) is 7.01. The van der Waals surface area contributed by atoms with Gasteiger partial charge in [-0.15, -0.1) is 0 Å². The first-order valence-electron chi connectivity index (χ1n) is 21.8. The van der Waals surface area contributed by atoms with Crippen LogP contribution in [0.3, 0.4) is 0 Å². The van der Waals surface area contributed by atoms with E-state index < -0.39 is 78.6 Å². The van der Waals surface area contributed by atoms with Crippen molar-refractivity contribution in [1.29, 1.82) is 0 Å². The smallest absolute Gasteiger partial charge is 0.407 e. The first kappa shape index (κ1) is 49.2. The van der Waals surface area contributed by atoms with Crippen molar-refractivity contribution < 1.29 is 50.2 Å². The standard InChI is InChI=1S/C48H50F7N9O4/c1-47(2,48(53,54)55)43(61-46(67)68-3)44(66)60-39(40(65)24-56-23-36-37(49)19-33(20-38(36)50)34-22-59-64(27-34)45(51)52)18-30-10-7-29(8-11-30)9-12-31-14-16-41(58-21-31)62-25-32-13-15-35(28-62)63(26-32)42-6-4-5-17-57-42/h4-8,10-11,14,16-17,19-22,27,32,35,39-40,43,45,56,65H,13,15,18,23-26,28H2,1-3H3,(H,60,66)(H,61,67)/t32?,35?,39-,40-,43+/m0/s1. The molecule has 4 N–H and O–H groups in total. The molecule has 20 heteroatoms. The van der Waals surface area contributed by atoms with E-state index in [1.54, 1.807) is 30.5 Å². The van der Waals surface area contributed by atoms with Crippen LogP contribution in [0.15, 0.2) is 91.5 Å². The van der Waals surface area contributed by atoms with Crippen LogP contribution in [0, 0.1) is 34.8 Å². The molecular weight excluding hydrogens is 900 g/mol. The minimum atomic E-state index is -4.98. The van der Waals surface area contributed by atoms with Crippen LogP contribution in [-0.2, 0) is 22.5 Å². The van der Waals surface area contributed by atoms with Crippen molar-refractivity contribution in [1.82, 2.24) is 35.7 Å². The van der Waals surface area contributed by atoms with E-state index in [1.807, 2.05) is 41.8 Å². The van der Waals surface area contributed by atoms with Crippen LogP contribution >= 0.6 is 0 Å². The number of nitrogens with zero attached hydrogens (tertiary/aromatic N) is 6. The number of hydrogen-bond acceptors (Lipinski definition) is 10. The van der Waals surface area contributed by atoms with Gasteiger partial charge in [0.2, 0.25) is 5.91 Å². The SMILES string of the molecule is COC(=O)N[C@H](C(=O)N[C@@H](Cc1ccc(C#Cc2ccc(N3CC4CCC(C3)N(c3ccccn3)C4)nc2)cc1)[C@@H](O)CNCc1c(F)cc(-c2cnn(C(F)F)c2)cc1F)C(C)(C)C(F)(F)F. The van der Waals surface area contributed by atoms with Crippen LogP contribution in [0.5, 0.6) is 0 Å². The van der Waals surface area contributed by atoms with E-state index in [1.165, 1.54) is 0 Å². The van der Waals surface area contributed by atoms with Crippen molar-refractivity contribution in [2.24, 2.45) is 11.3 Å². The highest BCUT2D eigenvalue weighted by Gasteiger charge is 2.56. The Morgan fingerprint density at radius 2 is 1.60 bits per heavy atom. The summed E-state index contributed by atoms with van der Waals surface area (Å²) in [5, 5.41) is 22.0. The number of piperidine rings is 1. The second kappa shape index (κ2) is 21.1. The number of hydrogen-bond donors (Lipinski definition) is 4. The molecule has 6 heterocycles. The summed E-state index contributed by atoms with van der Waals surface area (Å²) < 4.78 is 104. The highest BCUT2D eigenvalue weighted by Crippen LogP contribution is 2.41. The van der Waals surface area contributed by atoms with Crippen LogP contribution in [-0.4, -0.2) is 101 Å². The van der Waals surface area contributed by atoms with Gasteiger partial charge < -0.3 is 35.6 Å². The van der Waals surface area contributed by atoms with Gasteiger partial charge in [-0.2, -0.15) is 27.1 Å².